The number of rotatable bonds is 4. The van der Waals surface area contributed by atoms with Crippen molar-refractivity contribution < 1.29 is 12.6 Å². The minimum absolute atomic E-state index is 0.0323. The topological polar surface area (TPSA) is 69.4 Å². The van der Waals surface area contributed by atoms with Gasteiger partial charge in [0, 0.05) is 6.54 Å². The standard InChI is InChI=1S/C8H10ClNO3S/c9-7-3-1-2-4-8(7)14(11,12)13-6-5-10/h1-4H,5-6,10H2. The summed E-state index contributed by atoms with van der Waals surface area (Å²) >= 11 is 5.70. The van der Waals surface area contributed by atoms with E-state index in [-0.39, 0.29) is 23.1 Å². The van der Waals surface area contributed by atoms with Crippen LogP contribution in [-0.4, -0.2) is 21.6 Å². The molecule has 0 unspecified atom stereocenters. The summed E-state index contributed by atoms with van der Waals surface area (Å²) in [7, 11) is -3.77. The molecule has 0 saturated carbocycles. The summed E-state index contributed by atoms with van der Waals surface area (Å²) in [4.78, 5) is -0.0323. The first kappa shape index (κ1) is 11.5. The predicted octanol–water partition coefficient (Wildman–Crippen LogP) is 1.00. The Kier molecular flexibility index (Phi) is 3.88. The minimum Gasteiger partial charge on any atom is -0.328 e. The molecule has 1 aromatic rings. The van der Waals surface area contributed by atoms with Gasteiger partial charge in [-0.2, -0.15) is 8.42 Å². The van der Waals surface area contributed by atoms with Crippen LogP contribution in [0.4, 0.5) is 0 Å². The molecule has 78 valence electrons. The zero-order valence-corrected chi connectivity index (χ0v) is 8.88. The average molecular weight is 236 g/mol. The van der Waals surface area contributed by atoms with Crippen molar-refractivity contribution in [1.82, 2.24) is 0 Å². The van der Waals surface area contributed by atoms with Crippen LogP contribution in [0, 0.1) is 0 Å². The van der Waals surface area contributed by atoms with Crippen LogP contribution in [0.15, 0.2) is 29.2 Å². The van der Waals surface area contributed by atoms with Gasteiger partial charge in [0.05, 0.1) is 11.6 Å². The fraction of sp³-hybridized carbons (Fsp3) is 0.250. The van der Waals surface area contributed by atoms with Gasteiger partial charge in [-0.15, -0.1) is 0 Å². The molecule has 0 aliphatic heterocycles. The molecule has 1 rings (SSSR count). The lowest BCUT2D eigenvalue weighted by molar-refractivity contribution is 0.327. The molecule has 0 aliphatic rings. The lowest BCUT2D eigenvalue weighted by Gasteiger charge is -2.05. The maximum atomic E-state index is 11.4. The van der Waals surface area contributed by atoms with Gasteiger partial charge in [-0.3, -0.25) is 4.18 Å². The maximum absolute atomic E-state index is 11.4. The van der Waals surface area contributed by atoms with Crippen molar-refractivity contribution in [1.29, 1.82) is 0 Å². The highest BCUT2D eigenvalue weighted by atomic mass is 35.5. The molecule has 0 fully saturated rings. The van der Waals surface area contributed by atoms with E-state index in [0.717, 1.165) is 0 Å². The molecule has 0 aliphatic carbocycles. The molecular formula is C8H10ClNO3S. The van der Waals surface area contributed by atoms with Crippen molar-refractivity contribution in [3.05, 3.63) is 29.3 Å². The van der Waals surface area contributed by atoms with Gasteiger partial charge in [0.25, 0.3) is 10.1 Å². The highest BCUT2D eigenvalue weighted by molar-refractivity contribution is 7.86. The van der Waals surface area contributed by atoms with Crippen LogP contribution >= 0.6 is 11.6 Å². The second-order valence-electron chi connectivity index (χ2n) is 2.50. The van der Waals surface area contributed by atoms with Gasteiger partial charge in [0.1, 0.15) is 4.90 Å². The van der Waals surface area contributed by atoms with Crippen molar-refractivity contribution in [2.45, 2.75) is 4.90 Å². The van der Waals surface area contributed by atoms with Crippen LogP contribution in [0.25, 0.3) is 0 Å². The van der Waals surface area contributed by atoms with Gasteiger partial charge < -0.3 is 5.73 Å². The Balaban J connectivity index is 2.99. The maximum Gasteiger partial charge on any atom is 0.298 e. The second kappa shape index (κ2) is 4.75. The summed E-state index contributed by atoms with van der Waals surface area (Å²) < 4.78 is 27.5. The largest absolute Gasteiger partial charge is 0.328 e. The van der Waals surface area contributed by atoms with E-state index in [1.807, 2.05) is 0 Å². The number of benzene rings is 1. The first-order chi connectivity index (χ1) is 6.58. The summed E-state index contributed by atoms with van der Waals surface area (Å²) in [6.07, 6.45) is 0. The van der Waals surface area contributed by atoms with Crippen LogP contribution in [-0.2, 0) is 14.3 Å². The smallest absolute Gasteiger partial charge is 0.298 e. The molecule has 0 atom stereocenters. The lowest BCUT2D eigenvalue weighted by atomic mass is 10.4. The van der Waals surface area contributed by atoms with Gasteiger partial charge in [-0.05, 0) is 12.1 Å². The van der Waals surface area contributed by atoms with E-state index in [1.165, 1.54) is 12.1 Å². The number of hydrogen-bond acceptors (Lipinski definition) is 4. The number of halogens is 1. The first-order valence-electron chi connectivity index (χ1n) is 3.92. The third-order valence-corrected chi connectivity index (χ3v) is 3.28. The summed E-state index contributed by atoms with van der Waals surface area (Å²) in [6.45, 7) is 0.0945. The monoisotopic (exact) mass is 235 g/mol. The number of hydrogen-bond donors (Lipinski definition) is 1. The molecule has 0 heterocycles. The van der Waals surface area contributed by atoms with E-state index in [1.54, 1.807) is 12.1 Å². The molecule has 1 aromatic carbocycles. The molecule has 0 bridgehead atoms. The third kappa shape index (κ3) is 2.68. The van der Waals surface area contributed by atoms with Crippen molar-refractivity contribution in [3.8, 4) is 0 Å². The van der Waals surface area contributed by atoms with Crippen LogP contribution in [0.5, 0.6) is 0 Å². The Morgan fingerprint density at radius 1 is 1.36 bits per heavy atom. The van der Waals surface area contributed by atoms with Gasteiger partial charge in [0.2, 0.25) is 0 Å². The van der Waals surface area contributed by atoms with E-state index in [9.17, 15) is 8.42 Å². The van der Waals surface area contributed by atoms with E-state index in [4.69, 9.17) is 17.3 Å². The van der Waals surface area contributed by atoms with Gasteiger partial charge in [0.15, 0.2) is 0 Å². The van der Waals surface area contributed by atoms with Crippen molar-refractivity contribution in [2.75, 3.05) is 13.2 Å². The van der Waals surface area contributed by atoms with E-state index in [2.05, 4.69) is 4.18 Å². The average Bonchev–Trinajstić information content (AvgIpc) is 2.15. The Labute approximate surface area is 87.8 Å². The molecule has 6 heteroatoms. The van der Waals surface area contributed by atoms with Crippen molar-refractivity contribution in [3.63, 3.8) is 0 Å². The zero-order valence-electron chi connectivity index (χ0n) is 7.31. The van der Waals surface area contributed by atoms with Crippen LogP contribution in [0.3, 0.4) is 0 Å². The Morgan fingerprint density at radius 2 is 2.00 bits per heavy atom. The van der Waals surface area contributed by atoms with Crippen LogP contribution in [0.2, 0.25) is 5.02 Å². The summed E-state index contributed by atoms with van der Waals surface area (Å²) in [6, 6.07) is 6.09. The van der Waals surface area contributed by atoms with Gasteiger partial charge >= 0.3 is 0 Å². The SMILES string of the molecule is NCCOS(=O)(=O)c1ccccc1Cl. The van der Waals surface area contributed by atoms with Crippen molar-refractivity contribution >= 4 is 21.7 Å². The normalized spacial score (nSPS) is 11.6. The van der Waals surface area contributed by atoms with Crippen molar-refractivity contribution in [2.24, 2.45) is 5.73 Å². The summed E-state index contributed by atoms with van der Waals surface area (Å²) in [5.74, 6) is 0. The molecule has 0 radical (unpaired) electrons. The summed E-state index contributed by atoms with van der Waals surface area (Å²) in [5.41, 5.74) is 5.13. The Bertz CT molecular complexity index is 405. The van der Waals surface area contributed by atoms with E-state index < -0.39 is 10.1 Å². The quantitative estimate of drug-likeness (QED) is 0.791. The van der Waals surface area contributed by atoms with E-state index in [0.29, 0.717) is 0 Å². The number of nitrogens with two attached hydrogens (primary N) is 1. The highest BCUT2D eigenvalue weighted by Gasteiger charge is 2.17. The highest BCUT2D eigenvalue weighted by Crippen LogP contribution is 2.21. The first-order valence-corrected chi connectivity index (χ1v) is 5.70. The van der Waals surface area contributed by atoms with Gasteiger partial charge in [-0.1, -0.05) is 23.7 Å². The molecule has 14 heavy (non-hydrogen) atoms. The Hall–Kier alpha value is -0.620. The predicted molar refractivity (Wildman–Crippen MR) is 53.6 cm³/mol. The second-order valence-corrected chi connectivity index (χ2v) is 4.49. The molecule has 0 spiro atoms. The fourth-order valence-corrected chi connectivity index (χ4v) is 2.28. The minimum atomic E-state index is -3.77. The zero-order chi connectivity index (χ0) is 10.6. The molecule has 2 N–H and O–H groups in total. The molecule has 0 aromatic heterocycles. The molecule has 0 amide bonds. The molecule has 4 nitrogen and oxygen atoms in total. The summed E-state index contributed by atoms with van der Waals surface area (Å²) in [5, 5.41) is 0.143. The third-order valence-electron chi connectivity index (χ3n) is 1.46. The Morgan fingerprint density at radius 3 is 2.57 bits per heavy atom. The van der Waals surface area contributed by atoms with E-state index >= 15 is 0 Å². The lowest BCUT2D eigenvalue weighted by Crippen LogP contribution is -2.14. The van der Waals surface area contributed by atoms with Gasteiger partial charge in [-0.25, -0.2) is 0 Å². The molecular weight excluding hydrogens is 226 g/mol. The molecule has 0 saturated heterocycles. The van der Waals surface area contributed by atoms with Crippen LogP contribution < -0.4 is 5.73 Å². The van der Waals surface area contributed by atoms with Crippen LogP contribution in [0.1, 0.15) is 0 Å². The fourth-order valence-electron chi connectivity index (χ4n) is 0.869.